The van der Waals surface area contributed by atoms with E-state index in [1.54, 1.807) is 6.92 Å². The molecule has 0 aromatic heterocycles. The van der Waals surface area contributed by atoms with Gasteiger partial charge >= 0.3 is 0 Å². The Kier molecular flexibility index (Phi) is 5.43. The van der Waals surface area contributed by atoms with Gasteiger partial charge in [-0.3, -0.25) is 10.1 Å². The molecule has 0 aliphatic rings. The Morgan fingerprint density at radius 1 is 1.45 bits per heavy atom. The summed E-state index contributed by atoms with van der Waals surface area (Å²) in [5, 5.41) is 13.3. The van der Waals surface area contributed by atoms with E-state index >= 15 is 0 Å². The fraction of sp³-hybridized carbons (Fsp3) is 0.455. The molecule has 1 aromatic carbocycles. The van der Waals surface area contributed by atoms with Gasteiger partial charge in [0.05, 0.1) is 16.7 Å². The second kappa shape index (κ2) is 6.64. The van der Waals surface area contributed by atoms with Gasteiger partial charge in [0.2, 0.25) is 10.0 Å². The molecule has 8 nitrogen and oxygen atoms in total. The van der Waals surface area contributed by atoms with E-state index in [2.05, 4.69) is 10.0 Å². The maximum atomic E-state index is 12.1. The molecule has 0 fully saturated rings. The molecule has 0 amide bonds. The third-order valence-corrected chi connectivity index (χ3v) is 4.18. The highest BCUT2D eigenvalue weighted by molar-refractivity contribution is 7.89. The minimum absolute atomic E-state index is 0.0473. The highest BCUT2D eigenvalue weighted by Gasteiger charge is 2.21. The maximum Gasteiger partial charge on any atom is 0.271 e. The van der Waals surface area contributed by atoms with Gasteiger partial charge in [0.1, 0.15) is 4.90 Å². The van der Waals surface area contributed by atoms with Crippen LogP contribution in [0.2, 0.25) is 0 Å². The Bertz CT molecular complexity index is 588. The molecule has 0 radical (unpaired) electrons. The van der Waals surface area contributed by atoms with Crippen molar-refractivity contribution in [3.63, 3.8) is 0 Å². The molecule has 0 saturated heterocycles. The molecule has 2 N–H and O–H groups in total. The minimum Gasteiger partial charge on any atom is -0.387 e. The number of hydrogen-bond donors (Lipinski definition) is 2. The summed E-state index contributed by atoms with van der Waals surface area (Å²) < 4.78 is 31.6. The Morgan fingerprint density at radius 3 is 2.60 bits per heavy atom. The van der Waals surface area contributed by atoms with Crippen LogP contribution < -0.4 is 10.0 Å². The van der Waals surface area contributed by atoms with Crippen molar-refractivity contribution in [2.45, 2.75) is 17.9 Å². The molecular formula is C11H17N3O5S. The SMILES string of the molecule is CNc1cc([N+](=O)[O-])ccc1S(=O)(=O)NCC(C)OC. The molecule has 1 rings (SSSR count). The van der Waals surface area contributed by atoms with Gasteiger partial charge in [-0.1, -0.05) is 0 Å². The summed E-state index contributed by atoms with van der Waals surface area (Å²) in [6.07, 6.45) is -0.277. The van der Waals surface area contributed by atoms with Crippen LogP contribution in [0.15, 0.2) is 23.1 Å². The van der Waals surface area contributed by atoms with Crippen molar-refractivity contribution in [2.24, 2.45) is 0 Å². The van der Waals surface area contributed by atoms with E-state index in [0.717, 1.165) is 6.07 Å². The lowest BCUT2D eigenvalue weighted by molar-refractivity contribution is -0.384. The quantitative estimate of drug-likeness (QED) is 0.573. The smallest absolute Gasteiger partial charge is 0.271 e. The molecule has 1 unspecified atom stereocenters. The van der Waals surface area contributed by atoms with Crippen LogP contribution in [-0.4, -0.2) is 40.1 Å². The Hall–Kier alpha value is -1.71. The number of anilines is 1. The number of hydrogen-bond acceptors (Lipinski definition) is 6. The number of ether oxygens (including phenoxy) is 1. The average molecular weight is 303 g/mol. The summed E-state index contributed by atoms with van der Waals surface area (Å²) in [6.45, 7) is 1.83. The summed E-state index contributed by atoms with van der Waals surface area (Å²) >= 11 is 0. The third-order valence-electron chi connectivity index (χ3n) is 2.70. The summed E-state index contributed by atoms with van der Waals surface area (Å²) in [5.41, 5.74) is -0.0182. The van der Waals surface area contributed by atoms with Crippen LogP contribution in [0.5, 0.6) is 0 Å². The van der Waals surface area contributed by atoms with E-state index in [-0.39, 0.29) is 28.9 Å². The fourth-order valence-electron chi connectivity index (χ4n) is 1.45. The summed E-state index contributed by atoms with van der Waals surface area (Å²) in [4.78, 5) is 10.0. The Balaban J connectivity index is 3.08. The first kappa shape index (κ1) is 16.3. The second-order valence-electron chi connectivity index (χ2n) is 4.09. The molecule has 0 aliphatic carbocycles. The number of methoxy groups -OCH3 is 1. The van der Waals surface area contributed by atoms with Gasteiger partial charge in [-0.25, -0.2) is 13.1 Å². The van der Waals surface area contributed by atoms with Crippen LogP contribution in [-0.2, 0) is 14.8 Å². The second-order valence-corrected chi connectivity index (χ2v) is 5.82. The molecule has 112 valence electrons. The highest BCUT2D eigenvalue weighted by Crippen LogP contribution is 2.25. The zero-order valence-corrected chi connectivity index (χ0v) is 12.2. The van der Waals surface area contributed by atoms with Crippen LogP contribution in [0, 0.1) is 10.1 Å². The first-order valence-corrected chi connectivity index (χ1v) is 7.28. The summed E-state index contributed by atoms with van der Waals surface area (Å²) in [5.74, 6) is 0. The molecule has 0 heterocycles. The molecule has 1 atom stereocenters. The predicted octanol–water partition coefficient (Wildman–Crippen LogP) is 0.950. The number of nitro groups is 1. The molecule has 9 heteroatoms. The normalized spacial score (nSPS) is 12.9. The lowest BCUT2D eigenvalue weighted by Crippen LogP contribution is -2.32. The van der Waals surface area contributed by atoms with E-state index in [0.29, 0.717) is 0 Å². The molecule has 0 aliphatic heterocycles. The van der Waals surface area contributed by atoms with Gasteiger partial charge in [-0.15, -0.1) is 0 Å². The van der Waals surface area contributed by atoms with Crippen LogP contribution in [0.1, 0.15) is 6.92 Å². The average Bonchev–Trinajstić information content (AvgIpc) is 2.43. The van der Waals surface area contributed by atoms with Crippen molar-refractivity contribution in [1.29, 1.82) is 0 Å². The Morgan fingerprint density at radius 2 is 2.10 bits per heavy atom. The van der Waals surface area contributed by atoms with Crippen LogP contribution in [0.4, 0.5) is 11.4 Å². The number of nitrogens with zero attached hydrogens (tertiary/aromatic N) is 1. The van der Waals surface area contributed by atoms with Gasteiger partial charge in [-0.2, -0.15) is 0 Å². The highest BCUT2D eigenvalue weighted by atomic mass is 32.2. The van der Waals surface area contributed by atoms with Crippen molar-refractivity contribution < 1.29 is 18.1 Å². The molecule has 20 heavy (non-hydrogen) atoms. The van der Waals surface area contributed by atoms with Crippen LogP contribution in [0.3, 0.4) is 0 Å². The zero-order chi connectivity index (χ0) is 15.3. The number of sulfonamides is 1. The lowest BCUT2D eigenvalue weighted by Gasteiger charge is -2.13. The van der Waals surface area contributed by atoms with Gasteiger partial charge in [0, 0.05) is 32.8 Å². The number of rotatable bonds is 7. The molecule has 0 saturated carbocycles. The minimum atomic E-state index is -3.77. The molecule has 0 spiro atoms. The summed E-state index contributed by atoms with van der Waals surface area (Å²) in [6, 6.07) is 3.52. The van der Waals surface area contributed by atoms with Crippen molar-refractivity contribution in [3.05, 3.63) is 28.3 Å². The van der Waals surface area contributed by atoms with Gasteiger partial charge < -0.3 is 10.1 Å². The van der Waals surface area contributed by atoms with E-state index in [9.17, 15) is 18.5 Å². The largest absolute Gasteiger partial charge is 0.387 e. The predicted molar refractivity (Wildman–Crippen MR) is 74.3 cm³/mol. The van der Waals surface area contributed by atoms with E-state index in [1.807, 2.05) is 0 Å². The summed E-state index contributed by atoms with van der Waals surface area (Å²) in [7, 11) is -0.794. The first-order chi connectivity index (χ1) is 9.31. The van der Waals surface area contributed by atoms with Crippen molar-refractivity contribution in [3.8, 4) is 0 Å². The maximum absolute atomic E-state index is 12.1. The molecule has 1 aromatic rings. The van der Waals surface area contributed by atoms with E-state index < -0.39 is 14.9 Å². The van der Waals surface area contributed by atoms with Gasteiger partial charge in [0.25, 0.3) is 5.69 Å². The van der Waals surface area contributed by atoms with E-state index in [4.69, 9.17) is 4.74 Å². The van der Waals surface area contributed by atoms with Gasteiger partial charge in [-0.05, 0) is 13.0 Å². The monoisotopic (exact) mass is 303 g/mol. The topological polar surface area (TPSA) is 111 Å². The number of non-ortho nitro benzene ring substituents is 1. The third kappa shape index (κ3) is 3.89. The van der Waals surface area contributed by atoms with Crippen molar-refractivity contribution in [2.75, 3.05) is 26.0 Å². The van der Waals surface area contributed by atoms with E-state index in [1.165, 1.54) is 26.3 Å². The molecular weight excluding hydrogens is 286 g/mol. The number of nitro benzene ring substituents is 1. The Labute approximate surface area is 117 Å². The van der Waals surface area contributed by atoms with Crippen molar-refractivity contribution >= 4 is 21.4 Å². The standard InChI is InChI=1S/C11H17N3O5S/c1-8(19-3)7-13-20(17,18)11-5-4-9(14(15)16)6-10(11)12-2/h4-6,8,12-13H,7H2,1-3H3. The lowest BCUT2D eigenvalue weighted by atomic mass is 10.3. The fourth-order valence-corrected chi connectivity index (χ4v) is 2.76. The van der Waals surface area contributed by atoms with Crippen LogP contribution in [0.25, 0.3) is 0 Å². The number of benzene rings is 1. The first-order valence-electron chi connectivity index (χ1n) is 5.80. The van der Waals surface area contributed by atoms with Crippen LogP contribution >= 0.6 is 0 Å². The zero-order valence-electron chi connectivity index (χ0n) is 11.4. The van der Waals surface area contributed by atoms with Crippen molar-refractivity contribution in [1.82, 2.24) is 4.72 Å². The number of nitrogens with one attached hydrogen (secondary N) is 2. The molecule has 0 bridgehead atoms. The van der Waals surface area contributed by atoms with Gasteiger partial charge in [0.15, 0.2) is 0 Å².